The molecule has 0 atom stereocenters. The molecular weight excluding hydrogens is 180 g/mol. The minimum atomic E-state index is 0.190. The summed E-state index contributed by atoms with van der Waals surface area (Å²) in [7, 11) is 3.45. The topological polar surface area (TPSA) is 44.1 Å². The second-order valence-corrected chi connectivity index (χ2v) is 3.36. The van der Waals surface area contributed by atoms with Crippen molar-refractivity contribution in [2.45, 2.75) is 19.8 Å². The summed E-state index contributed by atoms with van der Waals surface area (Å²) in [6, 6.07) is 1.94. The fourth-order valence-electron chi connectivity index (χ4n) is 1.34. The van der Waals surface area contributed by atoms with Crippen molar-refractivity contribution in [1.29, 1.82) is 0 Å². The normalized spacial score (nSPS) is 10.5. The molecule has 0 saturated carbocycles. The molecule has 0 aromatic carbocycles. The molecule has 0 aliphatic carbocycles. The lowest BCUT2D eigenvalue weighted by atomic mass is 10.1. The van der Waals surface area contributed by atoms with E-state index in [4.69, 9.17) is 4.74 Å². The minimum Gasteiger partial charge on any atom is -0.384 e. The van der Waals surface area contributed by atoms with Crippen molar-refractivity contribution in [2.75, 3.05) is 13.7 Å². The van der Waals surface area contributed by atoms with Crippen molar-refractivity contribution < 1.29 is 9.53 Å². The van der Waals surface area contributed by atoms with Crippen LogP contribution in [0, 0.1) is 6.92 Å². The Morgan fingerprint density at radius 2 is 2.36 bits per heavy atom. The number of carbonyl (C=O) groups excluding carboxylic acids is 1. The molecule has 0 unspecified atom stereocenters. The van der Waals surface area contributed by atoms with Gasteiger partial charge in [-0.1, -0.05) is 0 Å². The molecule has 4 heteroatoms. The van der Waals surface area contributed by atoms with Gasteiger partial charge in [0.15, 0.2) is 0 Å². The second-order valence-electron chi connectivity index (χ2n) is 3.36. The molecule has 0 aliphatic rings. The maximum atomic E-state index is 11.4. The molecule has 0 N–H and O–H groups in total. The molecule has 1 heterocycles. The van der Waals surface area contributed by atoms with Gasteiger partial charge in [-0.2, -0.15) is 5.10 Å². The molecule has 0 radical (unpaired) electrons. The minimum absolute atomic E-state index is 0.190. The molecule has 1 aromatic heterocycles. The first-order valence-corrected chi connectivity index (χ1v) is 4.63. The van der Waals surface area contributed by atoms with Crippen LogP contribution in [0.25, 0.3) is 0 Å². The summed E-state index contributed by atoms with van der Waals surface area (Å²) in [5.41, 5.74) is 1.91. The molecule has 0 aliphatic heterocycles. The molecule has 78 valence electrons. The number of aromatic nitrogens is 2. The van der Waals surface area contributed by atoms with Crippen LogP contribution in [0.1, 0.15) is 17.8 Å². The van der Waals surface area contributed by atoms with E-state index in [2.05, 4.69) is 5.10 Å². The van der Waals surface area contributed by atoms with Crippen LogP contribution in [0.3, 0.4) is 0 Å². The summed E-state index contributed by atoms with van der Waals surface area (Å²) >= 11 is 0. The zero-order valence-electron chi connectivity index (χ0n) is 8.91. The summed E-state index contributed by atoms with van der Waals surface area (Å²) in [6.45, 7) is 2.42. The zero-order chi connectivity index (χ0) is 10.6. The third kappa shape index (κ3) is 2.96. The molecule has 4 nitrogen and oxygen atoms in total. The Morgan fingerprint density at radius 1 is 1.64 bits per heavy atom. The van der Waals surface area contributed by atoms with E-state index in [0.717, 1.165) is 11.4 Å². The lowest BCUT2D eigenvalue weighted by Crippen LogP contribution is -2.09. The number of methoxy groups -OCH3 is 1. The van der Waals surface area contributed by atoms with E-state index in [0.29, 0.717) is 19.4 Å². The van der Waals surface area contributed by atoms with Gasteiger partial charge in [0.05, 0.1) is 12.3 Å². The zero-order valence-corrected chi connectivity index (χ0v) is 8.91. The highest BCUT2D eigenvalue weighted by Gasteiger charge is 2.07. The lowest BCUT2D eigenvalue weighted by molar-refractivity contribution is -0.119. The molecule has 0 fully saturated rings. The van der Waals surface area contributed by atoms with Gasteiger partial charge in [0.2, 0.25) is 0 Å². The summed E-state index contributed by atoms with van der Waals surface area (Å²) in [5, 5.41) is 4.18. The quantitative estimate of drug-likeness (QED) is 0.702. The first-order valence-electron chi connectivity index (χ1n) is 4.63. The van der Waals surface area contributed by atoms with Gasteiger partial charge < -0.3 is 4.74 Å². The van der Waals surface area contributed by atoms with Crippen LogP contribution in [0.2, 0.25) is 0 Å². The highest BCUT2D eigenvalue weighted by Crippen LogP contribution is 2.04. The molecule has 0 spiro atoms. The summed E-state index contributed by atoms with van der Waals surface area (Å²) in [5.74, 6) is 0.190. The smallest absolute Gasteiger partial charge is 0.141 e. The predicted molar refractivity (Wildman–Crippen MR) is 53.1 cm³/mol. The largest absolute Gasteiger partial charge is 0.384 e. The molecule has 1 rings (SSSR count). The fraction of sp³-hybridized carbons (Fsp3) is 0.600. The number of ether oxygens (including phenoxy) is 1. The Morgan fingerprint density at radius 3 is 2.86 bits per heavy atom. The molecule has 14 heavy (non-hydrogen) atoms. The maximum Gasteiger partial charge on any atom is 0.141 e. The van der Waals surface area contributed by atoms with Gasteiger partial charge >= 0.3 is 0 Å². The summed E-state index contributed by atoms with van der Waals surface area (Å²) in [4.78, 5) is 11.4. The van der Waals surface area contributed by atoms with Crippen molar-refractivity contribution in [3.05, 3.63) is 17.5 Å². The van der Waals surface area contributed by atoms with E-state index in [9.17, 15) is 4.79 Å². The Labute approximate surface area is 83.9 Å². The van der Waals surface area contributed by atoms with E-state index in [1.54, 1.807) is 11.8 Å². The van der Waals surface area contributed by atoms with Crippen molar-refractivity contribution in [3.63, 3.8) is 0 Å². The van der Waals surface area contributed by atoms with Crippen molar-refractivity contribution in [2.24, 2.45) is 7.05 Å². The Balaban J connectivity index is 2.51. The highest BCUT2D eigenvalue weighted by molar-refractivity contribution is 5.80. The van der Waals surface area contributed by atoms with Gasteiger partial charge in [0, 0.05) is 32.7 Å². The van der Waals surface area contributed by atoms with Crippen LogP contribution in [0.15, 0.2) is 6.07 Å². The van der Waals surface area contributed by atoms with E-state index in [-0.39, 0.29) is 5.78 Å². The number of aryl methyl sites for hydroxylation is 2. The number of carbonyl (C=O) groups is 1. The van der Waals surface area contributed by atoms with Crippen LogP contribution in [0.4, 0.5) is 0 Å². The molecule has 0 saturated heterocycles. The van der Waals surface area contributed by atoms with Crippen LogP contribution in [-0.2, 0) is 23.0 Å². The number of Topliss-reactive ketones (excluding diaryl/α,β-unsaturated/α-hetero) is 1. The SMILES string of the molecule is COCCC(=O)Cc1cc(C)nn1C. The van der Waals surface area contributed by atoms with E-state index in [1.165, 1.54) is 0 Å². The number of hydrogen-bond acceptors (Lipinski definition) is 3. The number of ketones is 1. The number of nitrogens with zero attached hydrogens (tertiary/aromatic N) is 2. The Kier molecular flexibility index (Phi) is 3.83. The van der Waals surface area contributed by atoms with Gasteiger partial charge in [0.25, 0.3) is 0 Å². The van der Waals surface area contributed by atoms with Crippen LogP contribution < -0.4 is 0 Å². The maximum absolute atomic E-state index is 11.4. The van der Waals surface area contributed by atoms with E-state index in [1.807, 2.05) is 20.0 Å². The first kappa shape index (κ1) is 10.9. The standard InChI is InChI=1S/C10H16N2O2/c1-8-6-9(12(2)11-8)7-10(13)4-5-14-3/h6H,4-5,7H2,1-3H3. The average Bonchev–Trinajstić information content (AvgIpc) is 2.42. The van der Waals surface area contributed by atoms with Gasteiger partial charge in [-0.3, -0.25) is 9.48 Å². The lowest BCUT2D eigenvalue weighted by Gasteiger charge is -2.00. The molecule has 0 bridgehead atoms. The van der Waals surface area contributed by atoms with Gasteiger partial charge in [-0.25, -0.2) is 0 Å². The van der Waals surface area contributed by atoms with E-state index < -0.39 is 0 Å². The number of hydrogen-bond donors (Lipinski definition) is 0. The van der Waals surface area contributed by atoms with E-state index >= 15 is 0 Å². The molecular formula is C10H16N2O2. The third-order valence-corrected chi connectivity index (χ3v) is 2.06. The molecule has 0 amide bonds. The van der Waals surface area contributed by atoms with Crippen molar-refractivity contribution in [1.82, 2.24) is 9.78 Å². The third-order valence-electron chi connectivity index (χ3n) is 2.06. The van der Waals surface area contributed by atoms with Crippen LogP contribution >= 0.6 is 0 Å². The van der Waals surface area contributed by atoms with Gasteiger partial charge in [0.1, 0.15) is 5.78 Å². The summed E-state index contributed by atoms with van der Waals surface area (Å²) in [6.07, 6.45) is 0.918. The predicted octanol–water partition coefficient (Wildman–Crippen LogP) is 0.877. The fourth-order valence-corrected chi connectivity index (χ4v) is 1.34. The highest BCUT2D eigenvalue weighted by atomic mass is 16.5. The van der Waals surface area contributed by atoms with Crippen molar-refractivity contribution >= 4 is 5.78 Å². The van der Waals surface area contributed by atoms with Gasteiger partial charge in [-0.15, -0.1) is 0 Å². The number of rotatable bonds is 5. The Bertz CT molecular complexity index is 318. The summed E-state index contributed by atoms with van der Waals surface area (Å²) < 4.78 is 6.59. The average molecular weight is 196 g/mol. The van der Waals surface area contributed by atoms with Gasteiger partial charge in [-0.05, 0) is 13.0 Å². The Hall–Kier alpha value is -1.16. The first-order chi connectivity index (χ1) is 6.63. The van der Waals surface area contributed by atoms with Crippen LogP contribution in [0.5, 0.6) is 0 Å². The monoisotopic (exact) mass is 196 g/mol. The van der Waals surface area contributed by atoms with Crippen molar-refractivity contribution in [3.8, 4) is 0 Å². The molecule has 1 aromatic rings. The second kappa shape index (κ2) is 4.91. The van der Waals surface area contributed by atoms with Crippen LogP contribution in [-0.4, -0.2) is 29.3 Å².